The van der Waals surface area contributed by atoms with E-state index in [-0.39, 0.29) is 18.8 Å². The van der Waals surface area contributed by atoms with E-state index in [1.54, 1.807) is 32.2 Å². The Morgan fingerprint density at radius 1 is 1.39 bits per heavy atom. The van der Waals surface area contributed by atoms with Crippen molar-refractivity contribution in [2.24, 2.45) is 0 Å². The number of ether oxygens (including phenoxy) is 3. The van der Waals surface area contributed by atoms with Gasteiger partial charge in [-0.05, 0) is 25.1 Å². The van der Waals surface area contributed by atoms with Gasteiger partial charge in [0.15, 0.2) is 5.78 Å². The first-order valence-electron chi connectivity index (χ1n) is 9.17. The molecule has 0 aliphatic carbocycles. The summed E-state index contributed by atoms with van der Waals surface area (Å²) in [5.74, 6) is 1.25. The molecular weight excluding hydrogens is 362 g/mol. The van der Waals surface area contributed by atoms with Gasteiger partial charge in [0.05, 0.1) is 32.2 Å². The van der Waals surface area contributed by atoms with Crippen LogP contribution < -0.4 is 14.4 Å². The van der Waals surface area contributed by atoms with Crippen LogP contribution in [0.5, 0.6) is 11.5 Å². The lowest BCUT2D eigenvalue weighted by atomic mass is 9.89. The summed E-state index contributed by atoms with van der Waals surface area (Å²) in [6, 6.07) is 5.26. The van der Waals surface area contributed by atoms with Gasteiger partial charge in [0.25, 0.3) is 0 Å². The Hall–Kier alpha value is -3.16. The number of Topliss-reactive ketones (excluding diaryl/α,β-unsaturated/α-hetero) is 1. The van der Waals surface area contributed by atoms with Gasteiger partial charge in [-0.2, -0.15) is 0 Å². The molecule has 0 bridgehead atoms. The zero-order valence-corrected chi connectivity index (χ0v) is 15.8. The van der Waals surface area contributed by atoms with Crippen LogP contribution >= 0.6 is 0 Å². The van der Waals surface area contributed by atoms with Crippen LogP contribution in [-0.4, -0.2) is 54.1 Å². The Labute approximate surface area is 162 Å². The Morgan fingerprint density at radius 3 is 3.04 bits per heavy atom. The van der Waals surface area contributed by atoms with Crippen LogP contribution in [0.1, 0.15) is 40.5 Å². The molecule has 2 aliphatic heterocycles. The second-order valence-electron chi connectivity index (χ2n) is 6.90. The maximum atomic E-state index is 12.8. The molecule has 1 unspecified atom stereocenters. The van der Waals surface area contributed by atoms with E-state index in [9.17, 15) is 9.59 Å². The molecule has 1 fully saturated rings. The van der Waals surface area contributed by atoms with Crippen molar-refractivity contribution in [1.29, 1.82) is 0 Å². The zero-order chi connectivity index (χ0) is 19.7. The highest BCUT2D eigenvalue weighted by Gasteiger charge is 2.46. The highest BCUT2D eigenvalue weighted by molar-refractivity contribution is 6.01. The summed E-state index contributed by atoms with van der Waals surface area (Å²) in [7, 11) is 1.56. The number of anilines is 1. The summed E-state index contributed by atoms with van der Waals surface area (Å²) in [6.07, 6.45) is 3.78. The van der Waals surface area contributed by atoms with E-state index in [1.807, 2.05) is 4.90 Å². The average molecular weight is 383 g/mol. The second-order valence-corrected chi connectivity index (χ2v) is 6.90. The first-order chi connectivity index (χ1) is 13.5. The third kappa shape index (κ3) is 3.15. The van der Waals surface area contributed by atoms with Gasteiger partial charge < -0.3 is 19.1 Å². The van der Waals surface area contributed by atoms with Gasteiger partial charge in [0, 0.05) is 19.2 Å². The van der Waals surface area contributed by atoms with Crippen LogP contribution in [0.2, 0.25) is 0 Å². The second kappa shape index (κ2) is 7.10. The fourth-order valence-electron chi connectivity index (χ4n) is 3.78. The van der Waals surface area contributed by atoms with Crippen molar-refractivity contribution >= 4 is 17.6 Å². The van der Waals surface area contributed by atoms with Gasteiger partial charge in [-0.15, -0.1) is 0 Å². The molecule has 1 spiro atoms. The van der Waals surface area contributed by atoms with E-state index in [1.165, 1.54) is 12.5 Å². The number of hydrogen-bond acceptors (Lipinski definition) is 8. The topological polar surface area (TPSA) is 90.9 Å². The summed E-state index contributed by atoms with van der Waals surface area (Å²) < 4.78 is 16.6. The van der Waals surface area contributed by atoms with E-state index in [4.69, 9.17) is 14.2 Å². The number of carbonyl (C=O) groups is 2. The minimum Gasteiger partial charge on any atom is -0.497 e. The van der Waals surface area contributed by atoms with Crippen LogP contribution in [0.4, 0.5) is 5.82 Å². The summed E-state index contributed by atoms with van der Waals surface area (Å²) in [6.45, 7) is 3.09. The van der Waals surface area contributed by atoms with E-state index in [0.29, 0.717) is 48.0 Å². The highest BCUT2D eigenvalue weighted by atomic mass is 16.5. The molecule has 4 rings (SSSR count). The van der Waals surface area contributed by atoms with Crippen molar-refractivity contribution in [1.82, 2.24) is 9.97 Å². The Balaban J connectivity index is 1.60. The fourth-order valence-corrected chi connectivity index (χ4v) is 3.78. The number of rotatable bonds is 4. The van der Waals surface area contributed by atoms with Crippen LogP contribution in [0.3, 0.4) is 0 Å². The number of carbonyl (C=O) groups excluding carboxylic acids is 2. The van der Waals surface area contributed by atoms with Gasteiger partial charge in [-0.25, -0.2) is 14.8 Å². The van der Waals surface area contributed by atoms with Crippen LogP contribution in [0.25, 0.3) is 0 Å². The average Bonchev–Trinajstić information content (AvgIpc) is 3.11. The third-order valence-electron chi connectivity index (χ3n) is 5.10. The quantitative estimate of drug-likeness (QED) is 0.743. The van der Waals surface area contributed by atoms with Gasteiger partial charge in [0.1, 0.15) is 34.8 Å². The number of ketones is 1. The highest BCUT2D eigenvalue weighted by Crippen LogP contribution is 2.41. The molecule has 1 aromatic heterocycles. The van der Waals surface area contributed by atoms with Crippen LogP contribution in [0.15, 0.2) is 30.7 Å². The number of aromatic nitrogens is 2. The molecule has 3 heterocycles. The monoisotopic (exact) mass is 383 g/mol. The molecule has 28 heavy (non-hydrogen) atoms. The summed E-state index contributed by atoms with van der Waals surface area (Å²) in [5, 5.41) is 0. The van der Waals surface area contributed by atoms with E-state index < -0.39 is 11.6 Å². The lowest BCUT2D eigenvalue weighted by Gasteiger charge is -2.35. The largest absolute Gasteiger partial charge is 0.497 e. The van der Waals surface area contributed by atoms with Crippen LogP contribution in [-0.2, 0) is 4.74 Å². The standard InChI is InChI=1S/C20H21N3O5/c1-3-27-19(25)15-10-21-12-22-18(15)23-7-6-20(11-23)9-16(24)14-8-13(26-2)4-5-17(14)28-20/h4-5,8,10,12H,3,6-7,9,11H2,1-2H3. The number of nitrogens with zero attached hydrogens (tertiary/aromatic N) is 3. The number of hydrogen-bond donors (Lipinski definition) is 0. The number of fused-ring (bicyclic) bond motifs is 1. The lowest BCUT2D eigenvalue weighted by Crippen LogP contribution is -2.44. The minimum atomic E-state index is -0.643. The molecule has 2 aliphatic rings. The molecule has 146 valence electrons. The van der Waals surface area contributed by atoms with E-state index in [2.05, 4.69) is 9.97 Å². The van der Waals surface area contributed by atoms with E-state index in [0.717, 1.165) is 0 Å². The Kier molecular flexibility index (Phi) is 4.62. The molecule has 0 saturated carbocycles. The van der Waals surface area contributed by atoms with Crippen molar-refractivity contribution in [2.75, 3.05) is 31.7 Å². The Morgan fingerprint density at radius 2 is 2.25 bits per heavy atom. The molecule has 8 nitrogen and oxygen atoms in total. The number of benzene rings is 1. The van der Waals surface area contributed by atoms with Crippen molar-refractivity contribution in [3.8, 4) is 11.5 Å². The molecule has 0 radical (unpaired) electrons. The Bertz CT molecular complexity index is 932. The summed E-state index contributed by atoms with van der Waals surface area (Å²) in [5.41, 5.74) is 0.210. The molecule has 1 saturated heterocycles. The van der Waals surface area contributed by atoms with Crippen molar-refractivity contribution in [3.05, 3.63) is 41.9 Å². The first-order valence-corrected chi connectivity index (χ1v) is 9.17. The predicted molar refractivity (Wildman–Crippen MR) is 100 cm³/mol. The van der Waals surface area contributed by atoms with Crippen molar-refractivity contribution < 1.29 is 23.8 Å². The van der Waals surface area contributed by atoms with Crippen LogP contribution in [0, 0.1) is 0 Å². The molecule has 2 aromatic rings. The van der Waals surface area contributed by atoms with Crippen molar-refractivity contribution in [2.45, 2.75) is 25.4 Å². The molecule has 1 atom stereocenters. The first kappa shape index (κ1) is 18.2. The summed E-state index contributed by atoms with van der Waals surface area (Å²) in [4.78, 5) is 35.2. The maximum absolute atomic E-state index is 12.8. The lowest BCUT2D eigenvalue weighted by molar-refractivity contribution is 0.0513. The van der Waals surface area contributed by atoms with E-state index >= 15 is 0 Å². The SMILES string of the molecule is CCOC(=O)c1cncnc1N1CCC2(CC(=O)c3cc(OC)ccc3O2)C1. The van der Waals surface area contributed by atoms with Gasteiger partial charge in [-0.3, -0.25) is 4.79 Å². The van der Waals surface area contributed by atoms with Gasteiger partial charge in [0.2, 0.25) is 0 Å². The minimum absolute atomic E-state index is 0.0234. The molecule has 1 aromatic carbocycles. The van der Waals surface area contributed by atoms with Gasteiger partial charge >= 0.3 is 5.97 Å². The normalized spacial score (nSPS) is 20.6. The third-order valence-corrected chi connectivity index (χ3v) is 5.10. The zero-order valence-electron chi connectivity index (χ0n) is 15.8. The fraction of sp³-hybridized carbons (Fsp3) is 0.400. The predicted octanol–water partition coefficient (Wildman–Crippen LogP) is 2.28. The van der Waals surface area contributed by atoms with Gasteiger partial charge in [-0.1, -0.05) is 0 Å². The molecule has 8 heteroatoms. The summed E-state index contributed by atoms with van der Waals surface area (Å²) >= 11 is 0. The molecule has 0 N–H and O–H groups in total. The smallest absolute Gasteiger partial charge is 0.343 e. The van der Waals surface area contributed by atoms with Crippen molar-refractivity contribution in [3.63, 3.8) is 0 Å². The number of esters is 1. The molecule has 0 amide bonds. The molecular formula is C20H21N3O5. The maximum Gasteiger partial charge on any atom is 0.343 e. The number of methoxy groups -OCH3 is 1.